The fourth-order valence-electron chi connectivity index (χ4n) is 4.58. The molecule has 3 rings (SSSR count). The molecule has 1 aliphatic rings. The van der Waals surface area contributed by atoms with E-state index in [2.05, 4.69) is 48.7 Å². The number of allylic oxidation sites excluding steroid dienone is 1. The van der Waals surface area contributed by atoms with Crippen LogP contribution in [0.5, 0.6) is 0 Å². The molecule has 5 heteroatoms. The Morgan fingerprint density at radius 1 is 1.23 bits per heavy atom. The van der Waals surface area contributed by atoms with E-state index < -0.39 is 6.09 Å². The number of rotatable bonds is 9. The summed E-state index contributed by atoms with van der Waals surface area (Å²) in [6.07, 6.45) is 7.94. The van der Waals surface area contributed by atoms with Crippen molar-refractivity contribution in [2.45, 2.75) is 64.2 Å². The van der Waals surface area contributed by atoms with Crippen molar-refractivity contribution >= 4 is 11.9 Å². The summed E-state index contributed by atoms with van der Waals surface area (Å²) in [7, 11) is 1.99. The van der Waals surface area contributed by atoms with Crippen LogP contribution in [0.2, 0.25) is 0 Å². The molecule has 0 spiro atoms. The molecule has 2 atom stereocenters. The van der Waals surface area contributed by atoms with Crippen LogP contribution in [-0.4, -0.2) is 16.4 Å². The minimum atomic E-state index is -0.788. The lowest BCUT2D eigenvalue weighted by molar-refractivity contribution is 0.0972. The Balaban J connectivity index is 1.54. The number of primary amides is 1. The zero-order chi connectivity index (χ0) is 22.4. The number of ether oxygens (including phenoxy) is 1. The van der Waals surface area contributed by atoms with E-state index in [0.29, 0.717) is 24.2 Å². The third-order valence-electron chi connectivity index (χ3n) is 6.36. The summed E-state index contributed by atoms with van der Waals surface area (Å²) in [4.78, 5) is 23.5. The molecule has 2 aromatic rings. The average molecular weight is 423 g/mol. The molecule has 0 saturated heterocycles. The SMILES string of the molecule is CC(C)c1cccc(CCCC(=O)c2ccc([C@H]3CCC(/C=C/OC(N)=O)C3)n2C)c1. The maximum atomic E-state index is 12.8. The van der Waals surface area contributed by atoms with Gasteiger partial charge in [0.15, 0.2) is 5.78 Å². The number of aryl methyl sites for hydroxylation is 1. The van der Waals surface area contributed by atoms with Gasteiger partial charge in [0, 0.05) is 19.2 Å². The lowest BCUT2D eigenvalue weighted by atomic mass is 9.98. The smallest absolute Gasteiger partial charge is 0.409 e. The molecule has 0 bridgehead atoms. The number of carbonyl (C=O) groups excluding carboxylic acids is 2. The standard InChI is InChI=1S/C26H34N2O3/c1-18(2)21-8-4-6-19(16-21)7-5-9-25(29)24-13-12-23(28(24)3)22-11-10-20(17-22)14-15-31-26(27)30/h4,6,8,12-16,18,20,22H,5,7,9-11,17H2,1-3H3,(H2,27,30)/b15-14+/t20?,22-/m0/s1. The molecule has 5 nitrogen and oxygen atoms in total. The Morgan fingerprint density at radius 2 is 2.03 bits per heavy atom. The topological polar surface area (TPSA) is 74.3 Å². The summed E-state index contributed by atoms with van der Waals surface area (Å²) in [5.74, 6) is 1.50. The Labute approximate surface area is 185 Å². The van der Waals surface area contributed by atoms with E-state index in [1.807, 2.05) is 19.2 Å². The van der Waals surface area contributed by atoms with E-state index in [1.165, 1.54) is 23.1 Å². The van der Waals surface area contributed by atoms with Gasteiger partial charge in [-0.15, -0.1) is 0 Å². The largest absolute Gasteiger partial charge is 0.419 e. The number of benzene rings is 1. The fourth-order valence-corrected chi connectivity index (χ4v) is 4.58. The number of hydrogen-bond donors (Lipinski definition) is 1. The normalized spacial score (nSPS) is 18.7. The van der Waals surface area contributed by atoms with E-state index >= 15 is 0 Å². The highest BCUT2D eigenvalue weighted by atomic mass is 16.5. The average Bonchev–Trinajstić information content (AvgIpc) is 3.34. The number of carbonyl (C=O) groups is 2. The molecule has 1 saturated carbocycles. The maximum absolute atomic E-state index is 12.8. The number of amides is 1. The van der Waals surface area contributed by atoms with Crippen LogP contribution in [0, 0.1) is 5.92 Å². The van der Waals surface area contributed by atoms with Gasteiger partial charge < -0.3 is 15.0 Å². The first kappa shape index (κ1) is 22.9. The molecule has 1 fully saturated rings. The zero-order valence-corrected chi connectivity index (χ0v) is 18.8. The molecule has 1 aromatic heterocycles. The van der Waals surface area contributed by atoms with E-state index in [-0.39, 0.29) is 5.78 Å². The minimum Gasteiger partial charge on any atom is -0.419 e. The molecule has 2 N–H and O–H groups in total. The van der Waals surface area contributed by atoms with Crippen LogP contribution in [0.4, 0.5) is 4.79 Å². The second-order valence-corrected chi connectivity index (χ2v) is 8.91. The van der Waals surface area contributed by atoms with Gasteiger partial charge in [0.2, 0.25) is 0 Å². The molecule has 1 aliphatic carbocycles. The van der Waals surface area contributed by atoms with Crippen molar-refractivity contribution in [2.24, 2.45) is 18.7 Å². The highest BCUT2D eigenvalue weighted by Crippen LogP contribution is 2.39. The molecule has 1 amide bonds. The molecule has 0 aliphatic heterocycles. The molecule has 1 heterocycles. The van der Waals surface area contributed by atoms with Gasteiger partial charge in [-0.25, -0.2) is 4.79 Å². The first-order valence-electron chi connectivity index (χ1n) is 11.3. The Kier molecular flexibility index (Phi) is 7.72. The number of nitrogens with two attached hydrogens (primary N) is 1. The summed E-state index contributed by atoms with van der Waals surface area (Å²) in [6, 6.07) is 12.7. The Hall–Kier alpha value is -2.82. The zero-order valence-electron chi connectivity index (χ0n) is 18.8. The summed E-state index contributed by atoms with van der Waals surface area (Å²) in [6.45, 7) is 4.40. The van der Waals surface area contributed by atoms with Gasteiger partial charge in [0.25, 0.3) is 0 Å². The monoisotopic (exact) mass is 422 g/mol. The van der Waals surface area contributed by atoms with Crippen molar-refractivity contribution in [1.82, 2.24) is 4.57 Å². The summed E-state index contributed by atoms with van der Waals surface area (Å²) >= 11 is 0. The van der Waals surface area contributed by atoms with E-state index in [4.69, 9.17) is 10.5 Å². The molecular weight excluding hydrogens is 388 g/mol. The van der Waals surface area contributed by atoms with Crippen molar-refractivity contribution in [1.29, 1.82) is 0 Å². The van der Waals surface area contributed by atoms with Crippen LogP contribution >= 0.6 is 0 Å². The molecule has 1 aromatic carbocycles. The fraction of sp³-hybridized carbons (Fsp3) is 0.462. The second-order valence-electron chi connectivity index (χ2n) is 8.91. The lowest BCUT2D eigenvalue weighted by Gasteiger charge is -2.13. The Bertz CT molecular complexity index is 942. The van der Waals surface area contributed by atoms with Crippen molar-refractivity contribution in [3.05, 3.63) is 71.3 Å². The van der Waals surface area contributed by atoms with Crippen LogP contribution in [-0.2, 0) is 18.2 Å². The molecular formula is C26H34N2O3. The first-order valence-corrected chi connectivity index (χ1v) is 11.3. The predicted octanol–water partition coefficient (Wildman–Crippen LogP) is 5.85. The van der Waals surface area contributed by atoms with Gasteiger partial charge >= 0.3 is 6.09 Å². The van der Waals surface area contributed by atoms with Crippen molar-refractivity contribution in [3.63, 3.8) is 0 Å². The summed E-state index contributed by atoms with van der Waals surface area (Å²) < 4.78 is 6.77. The summed E-state index contributed by atoms with van der Waals surface area (Å²) in [5.41, 5.74) is 9.64. The minimum absolute atomic E-state index is 0.207. The molecule has 1 unspecified atom stereocenters. The van der Waals surface area contributed by atoms with Gasteiger partial charge in [0.05, 0.1) is 12.0 Å². The second kappa shape index (κ2) is 10.5. The maximum Gasteiger partial charge on any atom is 0.409 e. The van der Waals surface area contributed by atoms with Gasteiger partial charge in [-0.1, -0.05) is 38.1 Å². The number of aromatic nitrogens is 1. The van der Waals surface area contributed by atoms with Crippen molar-refractivity contribution < 1.29 is 14.3 Å². The van der Waals surface area contributed by atoms with Gasteiger partial charge in [-0.2, -0.15) is 0 Å². The van der Waals surface area contributed by atoms with Gasteiger partial charge in [0.1, 0.15) is 0 Å². The number of ketones is 1. The summed E-state index contributed by atoms with van der Waals surface area (Å²) in [5, 5.41) is 0. The number of nitrogens with zero attached hydrogens (tertiary/aromatic N) is 1. The van der Waals surface area contributed by atoms with E-state index in [1.54, 1.807) is 0 Å². The molecule has 0 radical (unpaired) electrons. The lowest BCUT2D eigenvalue weighted by Crippen LogP contribution is -2.10. The van der Waals surface area contributed by atoms with Crippen LogP contribution in [0.1, 0.15) is 85.1 Å². The molecule has 166 valence electrons. The third-order valence-corrected chi connectivity index (χ3v) is 6.36. The number of Topliss-reactive ketones (excluding diaryl/α,β-unsaturated/α-hetero) is 1. The molecule has 31 heavy (non-hydrogen) atoms. The van der Waals surface area contributed by atoms with E-state index in [9.17, 15) is 9.59 Å². The van der Waals surface area contributed by atoms with Crippen molar-refractivity contribution in [2.75, 3.05) is 0 Å². The van der Waals surface area contributed by atoms with Gasteiger partial charge in [-0.05, 0) is 79.2 Å². The van der Waals surface area contributed by atoms with Crippen LogP contribution in [0.3, 0.4) is 0 Å². The van der Waals surface area contributed by atoms with Gasteiger partial charge in [-0.3, -0.25) is 4.79 Å². The van der Waals surface area contributed by atoms with Crippen molar-refractivity contribution in [3.8, 4) is 0 Å². The predicted molar refractivity (Wildman–Crippen MR) is 123 cm³/mol. The van der Waals surface area contributed by atoms with Crippen LogP contribution in [0.15, 0.2) is 48.7 Å². The van der Waals surface area contributed by atoms with Crippen LogP contribution in [0.25, 0.3) is 0 Å². The highest BCUT2D eigenvalue weighted by Gasteiger charge is 2.27. The van der Waals surface area contributed by atoms with Crippen LogP contribution < -0.4 is 5.73 Å². The number of hydrogen-bond acceptors (Lipinski definition) is 3. The third kappa shape index (κ3) is 6.09. The Morgan fingerprint density at radius 3 is 2.77 bits per heavy atom. The highest BCUT2D eigenvalue weighted by molar-refractivity contribution is 5.94. The quantitative estimate of drug-likeness (QED) is 0.407. The van der Waals surface area contributed by atoms with E-state index in [0.717, 1.165) is 37.8 Å². The first-order chi connectivity index (χ1) is 14.8.